The molecule has 0 amide bonds. The van der Waals surface area contributed by atoms with Gasteiger partial charge in [-0.25, -0.2) is 0 Å². The Hall–Kier alpha value is -1.98. The van der Waals surface area contributed by atoms with Gasteiger partial charge in [-0.05, 0) is 5.39 Å². The first-order chi connectivity index (χ1) is 8.59. The van der Waals surface area contributed by atoms with Gasteiger partial charge in [0.05, 0.1) is 12.5 Å². The molecule has 0 fully saturated rings. The van der Waals surface area contributed by atoms with Crippen molar-refractivity contribution in [3.63, 3.8) is 0 Å². The fraction of sp³-hybridized carbons (Fsp3) is 0.231. The lowest BCUT2D eigenvalue weighted by Gasteiger charge is -2.17. The van der Waals surface area contributed by atoms with Gasteiger partial charge in [0, 0.05) is 23.3 Å². The Morgan fingerprint density at radius 1 is 1.22 bits per heavy atom. The molecule has 3 N–H and O–H groups in total. The summed E-state index contributed by atoms with van der Waals surface area (Å²) in [5, 5.41) is 29.8. The van der Waals surface area contributed by atoms with Crippen molar-refractivity contribution >= 4 is 16.7 Å². The van der Waals surface area contributed by atoms with Gasteiger partial charge in [0.1, 0.15) is 6.10 Å². The largest absolute Gasteiger partial charge is 0.481 e. The zero-order chi connectivity index (χ0) is 13.1. The molecule has 0 aliphatic heterocycles. The van der Waals surface area contributed by atoms with E-state index in [4.69, 9.17) is 5.11 Å². The van der Waals surface area contributed by atoms with Crippen LogP contribution < -0.4 is 0 Å². The van der Waals surface area contributed by atoms with Gasteiger partial charge in [0.2, 0.25) is 0 Å². The summed E-state index contributed by atoms with van der Waals surface area (Å²) >= 11 is 0. The maximum Gasteiger partial charge on any atom is 0.306 e. The minimum Gasteiger partial charge on any atom is -0.481 e. The zero-order valence-electron chi connectivity index (χ0n) is 9.52. The van der Waals surface area contributed by atoms with E-state index in [9.17, 15) is 15.0 Å². The van der Waals surface area contributed by atoms with Crippen LogP contribution in [0.4, 0.5) is 0 Å². The molecule has 0 radical (unpaired) electrons. The Kier molecular flexibility index (Phi) is 3.55. The second-order valence-corrected chi connectivity index (χ2v) is 4.06. The Bertz CT molecular complexity index is 564. The van der Waals surface area contributed by atoms with E-state index in [1.807, 2.05) is 18.2 Å². The molecule has 2 aromatic rings. The molecule has 0 bridgehead atoms. The second-order valence-electron chi connectivity index (χ2n) is 4.06. The highest BCUT2D eigenvalue weighted by atomic mass is 16.4. The number of carbonyl (C=O) groups is 1. The van der Waals surface area contributed by atoms with Gasteiger partial charge >= 0.3 is 5.97 Å². The van der Waals surface area contributed by atoms with Crippen molar-refractivity contribution in [1.29, 1.82) is 0 Å². The second kappa shape index (κ2) is 5.12. The highest BCUT2D eigenvalue weighted by Gasteiger charge is 2.22. The number of hydrogen-bond acceptors (Lipinski definition) is 4. The Labute approximate surface area is 103 Å². The molecule has 2 unspecified atom stereocenters. The summed E-state index contributed by atoms with van der Waals surface area (Å²) in [5.41, 5.74) is 0.432. The number of aliphatic hydroxyl groups excluding tert-OH is 2. The first-order valence-corrected chi connectivity index (χ1v) is 5.50. The minimum absolute atomic E-state index is 0.432. The van der Waals surface area contributed by atoms with Crippen LogP contribution in [0, 0.1) is 0 Å². The summed E-state index contributed by atoms with van der Waals surface area (Å²) in [4.78, 5) is 14.5. The number of aliphatic hydroxyl groups is 2. The van der Waals surface area contributed by atoms with Gasteiger partial charge in [-0.1, -0.05) is 24.3 Å². The SMILES string of the molecule is O=C(O)CC(O)C(O)c1cncc2ccccc12. The van der Waals surface area contributed by atoms with E-state index >= 15 is 0 Å². The molecule has 2 atom stereocenters. The number of hydrogen-bond donors (Lipinski definition) is 3. The van der Waals surface area contributed by atoms with Crippen LogP contribution in [-0.2, 0) is 4.79 Å². The number of rotatable bonds is 4. The number of pyridine rings is 1. The molecule has 94 valence electrons. The Balaban J connectivity index is 2.38. The first-order valence-electron chi connectivity index (χ1n) is 5.50. The van der Waals surface area contributed by atoms with Gasteiger partial charge in [-0.15, -0.1) is 0 Å². The molecule has 18 heavy (non-hydrogen) atoms. The number of nitrogens with zero attached hydrogens (tertiary/aromatic N) is 1. The zero-order valence-corrected chi connectivity index (χ0v) is 9.52. The molecule has 5 nitrogen and oxygen atoms in total. The average molecular weight is 247 g/mol. The van der Waals surface area contributed by atoms with Gasteiger partial charge < -0.3 is 15.3 Å². The van der Waals surface area contributed by atoms with E-state index < -0.39 is 24.6 Å². The number of carboxylic acids is 1. The molecule has 0 saturated heterocycles. The van der Waals surface area contributed by atoms with Gasteiger partial charge in [-0.2, -0.15) is 0 Å². The summed E-state index contributed by atoms with van der Waals surface area (Å²) in [5.74, 6) is -1.16. The highest BCUT2D eigenvalue weighted by Crippen LogP contribution is 2.26. The minimum atomic E-state index is -1.35. The number of aromatic nitrogens is 1. The van der Waals surface area contributed by atoms with Crippen molar-refractivity contribution in [3.05, 3.63) is 42.2 Å². The van der Waals surface area contributed by atoms with Gasteiger partial charge in [-0.3, -0.25) is 9.78 Å². The van der Waals surface area contributed by atoms with Crippen molar-refractivity contribution in [2.45, 2.75) is 18.6 Å². The molecule has 0 aliphatic carbocycles. The van der Waals surface area contributed by atoms with Crippen LogP contribution in [-0.4, -0.2) is 32.4 Å². The van der Waals surface area contributed by atoms with Crippen LogP contribution in [0.2, 0.25) is 0 Å². The predicted molar refractivity (Wildman–Crippen MR) is 65.0 cm³/mol. The lowest BCUT2D eigenvalue weighted by molar-refractivity contribution is -0.141. The maximum absolute atomic E-state index is 10.5. The molecular weight excluding hydrogens is 234 g/mol. The third-order valence-corrected chi connectivity index (χ3v) is 2.77. The third-order valence-electron chi connectivity index (χ3n) is 2.77. The van der Waals surface area contributed by atoms with E-state index in [0.29, 0.717) is 5.56 Å². The van der Waals surface area contributed by atoms with Gasteiger partial charge in [0.15, 0.2) is 0 Å². The summed E-state index contributed by atoms with van der Waals surface area (Å²) in [6, 6.07) is 7.28. The van der Waals surface area contributed by atoms with Crippen molar-refractivity contribution in [1.82, 2.24) is 4.98 Å². The number of aliphatic carboxylic acids is 1. The summed E-state index contributed by atoms with van der Waals surface area (Å²) < 4.78 is 0. The molecule has 2 rings (SSSR count). The molecule has 1 heterocycles. The number of carboxylic acid groups (broad SMARTS) is 1. The summed E-state index contributed by atoms with van der Waals surface area (Å²) in [6.07, 6.45) is -0.0350. The molecule has 0 aliphatic rings. The fourth-order valence-corrected chi connectivity index (χ4v) is 1.87. The van der Waals surface area contributed by atoms with Crippen molar-refractivity contribution in [2.24, 2.45) is 0 Å². The number of fused-ring (bicyclic) bond motifs is 1. The van der Waals surface area contributed by atoms with Crippen LogP contribution in [0.5, 0.6) is 0 Å². The van der Waals surface area contributed by atoms with Crippen molar-refractivity contribution in [2.75, 3.05) is 0 Å². The molecule has 1 aromatic carbocycles. The maximum atomic E-state index is 10.5. The van der Waals surface area contributed by atoms with E-state index in [1.165, 1.54) is 6.20 Å². The van der Waals surface area contributed by atoms with Crippen LogP contribution in [0.15, 0.2) is 36.7 Å². The van der Waals surface area contributed by atoms with Crippen LogP contribution in [0.3, 0.4) is 0 Å². The van der Waals surface area contributed by atoms with E-state index in [-0.39, 0.29) is 0 Å². The number of benzene rings is 1. The van der Waals surface area contributed by atoms with Gasteiger partial charge in [0.25, 0.3) is 0 Å². The first kappa shape index (κ1) is 12.5. The van der Waals surface area contributed by atoms with Crippen molar-refractivity contribution < 1.29 is 20.1 Å². The fourth-order valence-electron chi connectivity index (χ4n) is 1.87. The average Bonchev–Trinajstić information content (AvgIpc) is 2.36. The summed E-state index contributed by atoms with van der Waals surface area (Å²) in [6.45, 7) is 0. The van der Waals surface area contributed by atoms with E-state index in [1.54, 1.807) is 12.3 Å². The molecule has 1 aromatic heterocycles. The lowest BCUT2D eigenvalue weighted by Crippen LogP contribution is -2.22. The van der Waals surface area contributed by atoms with E-state index in [0.717, 1.165) is 10.8 Å². The molecule has 5 heteroatoms. The Morgan fingerprint density at radius 2 is 1.94 bits per heavy atom. The lowest BCUT2D eigenvalue weighted by atomic mass is 9.98. The standard InChI is InChI=1S/C13H13NO4/c15-11(5-12(16)17)13(18)10-7-14-6-8-3-1-2-4-9(8)10/h1-4,6-7,11,13,15,18H,5H2,(H,16,17). The Morgan fingerprint density at radius 3 is 2.67 bits per heavy atom. The molecular formula is C13H13NO4. The predicted octanol–water partition coefficient (Wildman–Crippen LogP) is 1.10. The monoisotopic (exact) mass is 247 g/mol. The highest BCUT2D eigenvalue weighted by molar-refractivity contribution is 5.85. The van der Waals surface area contributed by atoms with Crippen LogP contribution in [0.1, 0.15) is 18.1 Å². The topological polar surface area (TPSA) is 90.7 Å². The smallest absolute Gasteiger partial charge is 0.306 e. The molecule has 0 spiro atoms. The van der Waals surface area contributed by atoms with Crippen molar-refractivity contribution in [3.8, 4) is 0 Å². The van der Waals surface area contributed by atoms with Crippen LogP contribution >= 0.6 is 0 Å². The third kappa shape index (κ3) is 2.47. The molecule has 0 saturated carbocycles. The van der Waals surface area contributed by atoms with E-state index in [2.05, 4.69) is 4.98 Å². The van der Waals surface area contributed by atoms with Crippen LogP contribution in [0.25, 0.3) is 10.8 Å². The summed E-state index contributed by atoms with van der Waals surface area (Å²) in [7, 11) is 0. The normalized spacial score (nSPS) is 14.3. The quantitative estimate of drug-likeness (QED) is 0.752.